The summed E-state index contributed by atoms with van der Waals surface area (Å²) in [5.74, 6) is 0. The van der Waals surface area contributed by atoms with Gasteiger partial charge in [-0.25, -0.2) is 0 Å². The lowest BCUT2D eigenvalue weighted by molar-refractivity contribution is 1.19. The quantitative estimate of drug-likeness (QED) is 0.211. The van der Waals surface area contributed by atoms with E-state index in [1.54, 1.807) is 0 Å². The molecule has 0 saturated heterocycles. The lowest BCUT2D eigenvalue weighted by atomic mass is 9.97. The molecular formula is C38H23NS. The van der Waals surface area contributed by atoms with Crippen molar-refractivity contribution in [1.82, 2.24) is 4.57 Å². The molecule has 0 atom stereocenters. The molecule has 0 saturated carbocycles. The summed E-state index contributed by atoms with van der Waals surface area (Å²) >= 11 is 1.91. The van der Waals surface area contributed by atoms with Crippen LogP contribution in [0.1, 0.15) is 0 Å². The largest absolute Gasteiger partial charge is 0.309 e. The minimum absolute atomic E-state index is 1.18. The van der Waals surface area contributed by atoms with Crippen LogP contribution in [0.2, 0.25) is 0 Å². The van der Waals surface area contributed by atoms with Gasteiger partial charge in [-0.2, -0.15) is 0 Å². The molecule has 0 aliphatic rings. The molecule has 0 aliphatic heterocycles. The average molecular weight is 526 g/mol. The molecular weight excluding hydrogens is 502 g/mol. The number of benzene rings is 7. The lowest BCUT2D eigenvalue weighted by Crippen LogP contribution is -1.94. The second-order valence-corrected chi connectivity index (χ2v) is 11.6. The van der Waals surface area contributed by atoms with Gasteiger partial charge in [0.2, 0.25) is 0 Å². The van der Waals surface area contributed by atoms with Gasteiger partial charge in [-0.3, -0.25) is 0 Å². The monoisotopic (exact) mass is 525 g/mol. The van der Waals surface area contributed by atoms with Crippen LogP contribution in [0.15, 0.2) is 140 Å². The third-order valence-electron chi connectivity index (χ3n) is 8.36. The van der Waals surface area contributed by atoms with Crippen molar-refractivity contribution in [2.45, 2.75) is 0 Å². The Morgan fingerprint density at radius 3 is 1.90 bits per heavy atom. The van der Waals surface area contributed by atoms with Gasteiger partial charge in [-0.05, 0) is 51.6 Å². The van der Waals surface area contributed by atoms with Gasteiger partial charge in [0.05, 0.1) is 11.0 Å². The molecule has 1 nitrogen and oxygen atoms in total. The number of nitrogens with zero attached hydrogens (tertiary/aromatic N) is 1. The van der Waals surface area contributed by atoms with E-state index in [0.29, 0.717) is 0 Å². The fourth-order valence-electron chi connectivity index (χ4n) is 6.63. The van der Waals surface area contributed by atoms with Crippen LogP contribution < -0.4 is 0 Å². The third-order valence-corrected chi connectivity index (χ3v) is 9.57. The topological polar surface area (TPSA) is 4.93 Å². The maximum Gasteiger partial charge on any atom is 0.0640 e. The number of hydrogen-bond acceptors (Lipinski definition) is 1. The molecule has 7 aromatic carbocycles. The predicted molar refractivity (Wildman–Crippen MR) is 174 cm³/mol. The Balaban J connectivity index is 1.53. The molecule has 186 valence electrons. The first-order valence-electron chi connectivity index (χ1n) is 13.7. The fourth-order valence-corrected chi connectivity index (χ4v) is 7.87. The summed E-state index contributed by atoms with van der Waals surface area (Å²) in [7, 11) is 0. The smallest absolute Gasteiger partial charge is 0.0640 e. The average Bonchev–Trinajstić information content (AvgIpc) is 3.58. The van der Waals surface area contributed by atoms with E-state index in [0.717, 1.165) is 0 Å². The molecule has 0 aliphatic carbocycles. The summed E-state index contributed by atoms with van der Waals surface area (Å²) in [4.78, 5) is 0. The zero-order chi connectivity index (χ0) is 26.2. The molecule has 40 heavy (non-hydrogen) atoms. The van der Waals surface area contributed by atoms with E-state index < -0.39 is 0 Å². The summed E-state index contributed by atoms with van der Waals surface area (Å²) in [5, 5.41) is 10.6. The number of hydrogen-bond donors (Lipinski definition) is 0. The van der Waals surface area contributed by atoms with Gasteiger partial charge in [0, 0.05) is 42.0 Å². The molecule has 0 bridgehead atoms. The SMILES string of the molecule is c1ccc(-c2ccc(-n3c4ccc5ccccc5c4c4c5ccccc5c5sc6ccccc6c5c43)cc2)cc1. The molecule has 2 aromatic heterocycles. The molecule has 2 heteroatoms. The molecule has 0 fully saturated rings. The van der Waals surface area contributed by atoms with Crippen LogP contribution in [-0.2, 0) is 0 Å². The minimum Gasteiger partial charge on any atom is -0.309 e. The van der Waals surface area contributed by atoms with E-state index in [2.05, 4.69) is 144 Å². The number of rotatable bonds is 2. The Labute approximate surface area is 235 Å². The van der Waals surface area contributed by atoms with Crippen molar-refractivity contribution in [3.8, 4) is 16.8 Å². The number of fused-ring (bicyclic) bond motifs is 12. The van der Waals surface area contributed by atoms with Crippen molar-refractivity contribution >= 4 is 74.9 Å². The summed E-state index contributed by atoms with van der Waals surface area (Å²) in [5.41, 5.74) is 6.19. The van der Waals surface area contributed by atoms with Crippen molar-refractivity contribution in [2.24, 2.45) is 0 Å². The second-order valence-electron chi connectivity index (χ2n) is 10.5. The van der Waals surface area contributed by atoms with E-state index in [4.69, 9.17) is 0 Å². The molecule has 9 aromatic rings. The van der Waals surface area contributed by atoms with Gasteiger partial charge in [0.15, 0.2) is 0 Å². The molecule has 0 amide bonds. The van der Waals surface area contributed by atoms with E-state index in [1.807, 2.05) is 11.3 Å². The van der Waals surface area contributed by atoms with Gasteiger partial charge >= 0.3 is 0 Å². The fraction of sp³-hybridized carbons (Fsp3) is 0. The lowest BCUT2D eigenvalue weighted by Gasteiger charge is -2.11. The highest BCUT2D eigenvalue weighted by Crippen LogP contribution is 2.49. The minimum atomic E-state index is 1.18. The zero-order valence-corrected chi connectivity index (χ0v) is 22.5. The molecule has 0 radical (unpaired) electrons. The highest BCUT2D eigenvalue weighted by Gasteiger charge is 2.22. The standard InChI is InChI=1S/C38H23NS/c1-2-10-24(11-3-1)25-18-21-27(22-19-25)39-32-23-20-26-12-4-5-13-28(26)34(32)35-29-14-6-7-15-30(29)38-36(37(35)39)31-16-8-9-17-33(31)40-38/h1-23H. The second kappa shape index (κ2) is 8.29. The predicted octanol–water partition coefficient (Wildman–Crippen LogP) is 11.1. The van der Waals surface area contributed by atoms with Crippen molar-refractivity contribution < 1.29 is 0 Å². The zero-order valence-electron chi connectivity index (χ0n) is 21.6. The van der Waals surface area contributed by atoms with Crippen LogP contribution in [0.5, 0.6) is 0 Å². The third kappa shape index (κ3) is 2.97. The van der Waals surface area contributed by atoms with Crippen LogP contribution in [0, 0.1) is 0 Å². The summed E-state index contributed by atoms with van der Waals surface area (Å²) in [6.07, 6.45) is 0. The van der Waals surface area contributed by atoms with Crippen LogP contribution >= 0.6 is 11.3 Å². The van der Waals surface area contributed by atoms with Crippen LogP contribution in [0.4, 0.5) is 0 Å². The first-order valence-corrected chi connectivity index (χ1v) is 14.5. The highest BCUT2D eigenvalue weighted by atomic mass is 32.1. The van der Waals surface area contributed by atoms with E-state index in [-0.39, 0.29) is 0 Å². The van der Waals surface area contributed by atoms with Crippen molar-refractivity contribution in [3.63, 3.8) is 0 Å². The molecule has 9 rings (SSSR count). The highest BCUT2D eigenvalue weighted by molar-refractivity contribution is 7.27. The first kappa shape index (κ1) is 22.0. The summed E-state index contributed by atoms with van der Waals surface area (Å²) < 4.78 is 5.20. The normalized spacial score (nSPS) is 12.0. The first-order chi connectivity index (χ1) is 19.9. The van der Waals surface area contributed by atoms with E-state index in [9.17, 15) is 0 Å². The van der Waals surface area contributed by atoms with E-state index in [1.165, 1.54) is 80.3 Å². The van der Waals surface area contributed by atoms with Gasteiger partial charge in [0.1, 0.15) is 0 Å². The Bertz CT molecular complexity index is 2410. The van der Waals surface area contributed by atoms with E-state index >= 15 is 0 Å². The van der Waals surface area contributed by atoms with Gasteiger partial charge < -0.3 is 4.57 Å². The molecule has 0 spiro atoms. The van der Waals surface area contributed by atoms with Crippen LogP contribution in [-0.4, -0.2) is 4.57 Å². The molecule has 0 unspecified atom stereocenters. The molecule has 0 N–H and O–H groups in total. The maximum absolute atomic E-state index is 2.51. The van der Waals surface area contributed by atoms with Crippen molar-refractivity contribution in [1.29, 1.82) is 0 Å². The van der Waals surface area contributed by atoms with Gasteiger partial charge in [0.25, 0.3) is 0 Å². The number of thiophene rings is 1. The van der Waals surface area contributed by atoms with Crippen molar-refractivity contribution in [2.75, 3.05) is 0 Å². The van der Waals surface area contributed by atoms with Crippen molar-refractivity contribution in [3.05, 3.63) is 140 Å². The van der Waals surface area contributed by atoms with Crippen LogP contribution in [0.3, 0.4) is 0 Å². The summed E-state index contributed by atoms with van der Waals surface area (Å²) in [6.45, 7) is 0. The Morgan fingerprint density at radius 1 is 0.425 bits per heavy atom. The number of aromatic nitrogens is 1. The Morgan fingerprint density at radius 2 is 1.07 bits per heavy atom. The summed E-state index contributed by atoms with van der Waals surface area (Å²) in [6, 6.07) is 51.0. The molecule has 2 heterocycles. The van der Waals surface area contributed by atoms with Gasteiger partial charge in [-0.15, -0.1) is 11.3 Å². The Kier molecular flexibility index (Phi) is 4.55. The van der Waals surface area contributed by atoms with Crippen LogP contribution in [0.25, 0.3) is 80.3 Å². The van der Waals surface area contributed by atoms with Gasteiger partial charge in [-0.1, -0.05) is 115 Å². The maximum atomic E-state index is 2.51. The Hall–Kier alpha value is -4.92.